The molecule has 0 amide bonds. The highest BCUT2D eigenvalue weighted by Crippen LogP contribution is 2.17. The molecule has 1 aliphatic rings. The highest BCUT2D eigenvalue weighted by Gasteiger charge is 2.12. The average molecular weight is 175 g/mol. The summed E-state index contributed by atoms with van der Waals surface area (Å²) < 4.78 is 0. The number of fused-ring (bicyclic) bond motifs is 1. The summed E-state index contributed by atoms with van der Waals surface area (Å²) in [4.78, 5) is 4.09. The van der Waals surface area contributed by atoms with E-state index in [9.17, 15) is 0 Å². The largest absolute Gasteiger partial charge is 0.411 e. The zero-order valence-corrected chi connectivity index (χ0v) is 6.94. The fourth-order valence-corrected chi connectivity index (χ4v) is 1.40. The van der Waals surface area contributed by atoms with Crippen LogP contribution in [0.2, 0.25) is 0 Å². The van der Waals surface area contributed by atoms with Gasteiger partial charge in [0.15, 0.2) is 0 Å². The van der Waals surface area contributed by atoms with Gasteiger partial charge in [0.05, 0.1) is 12.8 Å². The highest BCUT2D eigenvalue weighted by molar-refractivity contribution is 6.01. The van der Waals surface area contributed by atoms with Crippen LogP contribution in [0.5, 0.6) is 0 Å². The molecule has 0 radical (unpaired) electrons. The van der Waals surface area contributed by atoms with Crippen LogP contribution in [0, 0.1) is 0 Å². The summed E-state index contributed by atoms with van der Waals surface area (Å²) >= 11 is 0. The number of benzene rings is 1. The zero-order valence-electron chi connectivity index (χ0n) is 6.94. The lowest BCUT2D eigenvalue weighted by Crippen LogP contribution is -2.10. The monoisotopic (exact) mass is 175 g/mol. The minimum Gasteiger partial charge on any atom is -0.411 e. The first-order chi connectivity index (χ1) is 6.31. The zero-order chi connectivity index (χ0) is 9.26. The Morgan fingerprint density at radius 1 is 1.54 bits per heavy atom. The van der Waals surface area contributed by atoms with Crippen molar-refractivity contribution < 1.29 is 5.21 Å². The molecular formula is C9H9N3O. The SMILES string of the molecule is NC1=NCc2cc(/C=N/O)ccc21. The van der Waals surface area contributed by atoms with Crippen LogP contribution < -0.4 is 5.73 Å². The Morgan fingerprint density at radius 2 is 2.38 bits per heavy atom. The first-order valence-electron chi connectivity index (χ1n) is 3.92. The van der Waals surface area contributed by atoms with Crippen LogP contribution in [-0.4, -0.2) is 17.3 Å². The van der Waals surface area contributed by atoms with Gasteiger partial charge < -0.3 is 10.9 Å². The molecule has 0 fully saturated rings. The third-order valence-electron chi connectivity index (χ3n) is 2.03. The van der Waals surface area contributed by atoms with E-state index in [-0.39, 0.29) is 0 Å². The number of hydrogen-bond acceptors (Lipinski definition) is 4. The number of rotatable bonds is 1. The van der Waals surface area contributed by atoms with Crippen LogP contribution in [-0.2, 0) is 6.54 Å². The van der Waals surface area contributed by atoms with Crippen molar-refractivity contribution in [2.24, 2.45) is 15.9 Å². The van der Waals surface area contributed by atoms with Crippen molar-refractivity contribution in [3.8, 4) is 0 Å². The van der Waals surface area contributed by atoms with E-state index in [1.54, 1.807) is 0 Å². The van der Waals surface area contributed by atoms with Gasteiger partial charge in [-0.2, -0.15) is 0 Å². The maximum atomic E-state index is 8.34. The van der Waals surface area contributed by atoms with E-state index >= 15 is 0 Å². The van der Waals surface area contributed by atoms with Gasteiger partial charge in [0.25, 0.3) is 0 Å². The predicted molar refractivity (Wildman–Crippen MR) is 50.3 cm³/mol. The number of oxime groups is 1. The van der Waals surface area contributed by atoms with Crippen molar-refractivity contribution in [3.05, 3.63) is 34.9 Å². The van der Waals surface area contributed by atoms with Crippen molar-refractivity contribution in [3.63, 3.8) is 0 Å². The van der Waals surface area contributed by atoms with E-state index in [1.807, 2.05) is 18.2 Å². The Balaban J connectivity index is 2.43. The Morgan fingerprint density at radius 3 is 3.15 bits per heavy atom. The molecule has 0 saturated heterocycles. The van der Waals surface area contributed by atoms with Gasteiger partial charge in [0.1, 0.15) is 5.84 Å². The minimum absolute atomic E-state index is 0.586. The molecule has 3 N–H and O–H groups in total. The maximum absolute atomic E-state index is 8.34. The molecule has 1 aromatic carbocycles. The fraction of sp³-hybridized carbons (Fsp3) is 0.111. The molecule has 0 spiro atoms. The second kappa shape index (κ2) is 2.90. The second-order valence-electron chi connectivity index (χ2n) is 2.86. The van der Waals surface area contributed by atoms with E-state index in [0.717, 1.165) is 16.7 Å². The summed E-state index contributed by atoms with van der Waals surface area (Å²) in [5.41, 5.74) is 8.55. The predicted octanol–water partition coefficient (Wildman–Crippen LogP) is 0.714. The topological polar surface area (TPSA) is 71.0 Å². The number of aliphatic imine (C=N–C) groups is 1. The summed E-state index contributed by atoms with van der Waals surface area (Å²) in [5, 5.41) is 11.3. The maximum Gasteiger partial charge on any atom is 0.126 e. The van der Waals surface area contributed by atoms with Gasteiger partial charge in [0.2, 0.25) is 0 Å². The van der Waals surface area contributed by atoms with Gasteiger partial charge in [0, 0.05) is 5.56 Å². The molecule has 0 aromatic heterocycles. The van der Waals surface area contributed by atoms with Gasteiger partial charge in [-0.05, 0) is 17.2 Å². The quantitative estimate of drug-likeness (QED) is 0.375. The first-order valence-corrected chi connectivity index (χ1v) is 3.92. The molecule has 1 aliphatic heterocycles. The molecule has 0 aliphatic carbocycles. The lowest BCUT2D eigenvalue weighted by molar-refractivity contribution is 0.322. The Hall–Kier alpha value is -1.84. The van der Waals surface area contributed by atoms with Gasteiger partial charge in [-0.15, -0.1) is 0 Å². The molecule has 2 rings (SSSR count). The summed E-state index contributed by atoms with van der Waals surface area (Å²) in [6.45, 7) is 0.619. The smallest absolute Gasteiger partial charge is 0.126 e. The van der Waals surface area contributed by atoms with Crippen LogP contribution in [0.25, 0.3) is 0 Å². The third kappa shape index (κ3) is 1.26. The van der Waals surface area contributed by atoms with Crippen molar-refractivity contribution >= 4 is 12.1 Å². The number of hydrogen-bond donors (Lipinski definition) is 2. The molecule has 66 valence electrons. The van der Waals surface area contributed by atoms with Crippen LogP contribution >= 0.6 is 0 Å². The molecule has 1 aromatic rings. The number of amidine groups is 1. The van der Waals surface area contributed by atoms with Crippen LogP contribution in [0.3, 0.4) is 0 Å². The summed E-state index contributed by atoms with van der Waals surface area (Å²) in [6, 6.07) is 5.64. The Labute approximate surface area is 75.4 Å². The minimum atomic E-state index is 0.586. The number of nitrogens with zero attached hydrogens (tertiary/aromatic N) is 2. The van der Waals surface area contributed by atoms with Gasteiger partial charge in [-0.25, -0.2) is 0 Å². The molecule has 0 bridgehead atoms. The van der Waals surface area contributed by atoms with Gasteiger partial charge >= 0.3 is 0 Å². The summed E-state index contributed by atoms with van der Waals surface area (Å²) in [5.74, 6) is 0.586. The van der Waals surface area contributed by atoms with Crippen molar-refractivity contribution in [1.29, 1.82) is 0 Å². The van der Waals surface area contributed by atoms with Crippen molar-refractivity contribution in [1.82, 2.24) is 0 Å². The molecule has 13 heavy (non-hydrogen) atoms. The van der Waals surface area contributed by atoms with E-state index < -0.39 is 0 Å². The third-order valence-corrected chi connectivity index (χ3v) is 2.03. The first kappa shape index (κ1) is 7.79. The van der Waals surface area contributed by atoms with Gasteiger partial charge in [-0.1, -0.05) is 17.3 Å². The lowest BCUT2D eigenvalue weighted by atomic mass is 10.1. The fourth-order valence-electron chi connectivity index (χ4n) is 1.40. The van der Waals surface area contributed by atoms with Gasteiger partial charge in [-0.3, -0.25) is 4.99 Å². The van der Waals surface area contributed by atoms with Crippen LogP contribution in [0.4, 0.5) is 0 Å². The van der Waals surface area contributed by atoms with E-state index in [1.165, 1.54) is 6.21 Å². The molecule has 0 atom stereocenters. The molecule has 0 unspecified atom stereocenters. The summed E-state index contributed by atoms with van der Waals surface area (Å²) in [7, 11) is 0. The molecule has 1 heterocycles. The van der Waals surface area contributed by atoms with Crippen LogP contribution in [0.15, 0.2) is 28.3 Å². The van der Waals surface area contributed by atoms with E-state index in [2.05, 4.69) is 10.1 Å². The van der Waals surface area contributed by atoms with E-state index in [4.69, 9.17) is 10.9 Å². The molecule has 4 heteroatoms. The Bertz CT molecular complexity index is 396. The van der Waals surface area contributed by atoms with Crippen LogP contribution in [0.1, 0.15) is 16.7 Å². The number of nitrogens with two attached hydrogens (primary N) is 1. The molecule has 4 nitrogen and oxygen atoms in total. The normalized spacial score (nSPS) is 14.6. The molecular weight excluding hydrogens is 166 g/mol. The second-order valence-corrected chi connectivity index (χ2v) is 2.86. The standard InChI is InChI=1S/C9H9N3O/c10-9-8-2-1-6(4-12-13)3-7(8)5-11-9/h1-4,13H,5H2,(H2,10,11)/b12-4+. The lowest BCUT2D eigenvalue weighted by Gasteiger charge is -1.99. The van der Waals surface area contributed by atoms with Crippen molar-refractivity contribution in [2.75, 3.05) is 0 Å². The van der Waals surface area contributed by atoms with Crippen molar-refractivity contribution in [2.45, 2.75) is 6.54 Å². The molecule has 0 saturated carbocycles. The average Bonchev–Trinajstić information content (AvgIpc) is 2.48. The van der Waals surface area contributed by atoms with E-state index in [0.29, 0.717) is 12.4 Å². The Kier molecular flexibility index (Phi) is 1.73. The summed E-state index contributed by atoms with van der Waals surface area (Å²) in [6.07, 6.45) is 1.38. The highest BCUT2D eigenvalue weighted by atomic mass is 16.4.